The van der Waals surface area contributed by atoms with Crippen molar-refractivity contribution in [3.63, 3.8) is 0 Å². The molecule has 1 atom stereocenters. The lowest BCUT2D eigenvalue weighted by Crippen LogP contribution is -2.41. The molecule has 0 rings (SSSR count). The van der Waals surface area contributed by atoms with Gasteiger partial charge in [0.15, 0.2) is 0 Å². The zero-order valence-corrected chi connectivity index (χ0v) is 8.23. The van der Waals surface area contributed by atoms with Gasteiger partial charge < -0.3 is 5.11 Å². The Balaban J connectivity index is 4.57. The van der Waals surface area contributed by atoms with Gasteiger partial charge >= 0.3 is 6.09 Å². The van der Waals surface area contributed by atoms with Crippen LogP contribution in [0.4, 0.5) is 4.79 Å². The lowest BCUT2D eigenvalue weighted by molar-refractivity contribution is 0.130. The van der Waals surface area contributed by atoms with Crippen LogP contribution in [0.3, 0.4) is 0 Å². The van der Waals surface area contributed by atoms with Crippen LogP contribution in [-0.4, -0.2) is 28.7 Å². The maximum Gasteiger partial charge on any atom is 0.408 e. The molecule has 0 aromatic rings. The minimum absolute atomic E-state index is 0.143. The van der Waals surface area contributed by atoms with Crippen molar-refractivity contribution in [1.82, 2.24) is 4.90 Å². The Kier molecular flexibility index (Phi) is 4.89. The fourth-order valence-corrected chi connectivity index (χ4v) is 1.23. The van der Waals surface area contributed by atoms with E-state index in [1.807, 2.05) is 13.8 Å². The minimum Gasteiger partial charge on any atom is -0.465 e. The molecule has 0 fully saturated rings. The van der Waals surface area contributed by atoms with Gasteiger partial charge in [0.2, 0.25) is 0 Å². The summed E-state index contributed by atoms with van der Waals surface area (Å²) in [5.41, 5.74) is 0. The first-order valence-corrected chi connectivity index (χ1v) is 4.27. The van der Waals surface area contributed by atoms with E-state index in [2.05, 4.69) is 13.2 Å². The van der Waals surface area contributed by atoms with Gasteiger partial charge in [-0.2, -0.15) is 0 Å². The number of rotatable bonds is 5. The SMILES string of the molecule is C=CCN(C(=O)O)[C@H](C=C)C(C)C. The monoisotopic (exact) mass is 183 g/mol. The van der Waals surface area contributed by atoms with Gasteiger partial charge in [-0.15, -0.1) is 13.2 Å². The molecule has 3 nitrogen and oxygen atoms in total. The third-order valence-corrected chi connectivity index (χ3v) is 1.86. The van der Waals surface area contributed by atoms with Crippen LogP contribution in [0.25, 0.3) is 0 Å². The number of carbonyl (C=O) groups is 1. The summed E-state index contributed by atoms with van der Waals surface area (Å²) in [4.78, 5) is 12.1. The molecule has 1 N–H and O–H groups in total. The maximum atomic E-state index is 10.8. The topological polar surface area (TPSA) is 40.5 Å². The number of nitrogens with zero attached hydrogens (tertiary/aromatic N) is 1. The highest BCUT2D eigenvalue weighted by Crippen LogP contribution is 2.11. The van der Waals surface area contributed by atoms with Gasteiger partial charge in [-0.25, -0.2) is 4.79 Å². The fourth-order valence-electron chi connectivity index (χ4n) is 1.23. The molecule has 0 saturated heterocycles. The van der Waals surface area contributed by atoms with Crippen molar-refractivity contribution in [2.24, 2.45) is 5.92 Å². The van der Waals surface area contributed by atoms with Gasteiger partial charge in [-0.1, -0.05) is 26.0 Å². The van der Waals surface area contributed by atoms with E-state index in [4.69, 9.17) is 5.11 Å². The van der Waals surface area contributed by atoms with Crippen LogP contribution in [0.5, 0.6) is 0 Å². The molecule has 0 heterocycles. The molecule has 0 aliphatic rings. The summed E-state index contributed by atoms with van der Waals surface area (Å²) in [6.07, 6.45) is 2.30. The average Bonchev–Trinajstić information content (AvgIpc) is 2.03. The van der Waals surface area contributed by atoms with Gasteiger partial charge in [-0.05, 0) is 5.92 Å². The first-order chi connectivity index (χ1) is 6.04. The van der Waals surface area contributed by atoms with Crippen molar-refractivity contribution in [3.05, 3.63) is 25.3 Å². The molecule has 0 unspecified atom stereocenters. The lowest BCUT2D eigenvalue weighted by Gasteiger charge is -2.28. The van der Waals surface area contributed by atoms with Crippen LogP contribution in [0, 0.1) is 5.92 Å². The molecular formula is C10H17NO2. The molecule has 0 aliphatic carbocycles. The lowest BCUT2D eigenvalue weighted by atomic mass is 10.0. The van der Waals surface area contributed by atoms with E-state index in [-0.39, 0.29) is 12.0 Å². The van der Waals surface area contributed by atoms with Crippen LogP contribution < -0.4 is 0 Å². The molecule has 3 heteroatoms. The molecule has 0 aliphatic heterocycles. The molecule has 0 bridgehead atoms. The van der Waals surface area contributed by atoms with Crippen molar-refractivity contribution in [2.75, 3.05) is 6.54 Å². The number of hydrogen-bond donors (Lipinski definition) is 1. The van der Waals surface area contributed by atoms with Gasteiger partial charge in [0.05, 0.1) is 6.04 Å². The largest absolute Gasteiger partial charge is 0.465 e. The summed E-state index contributed by atoms with van der Waals surface area (Å²) in [6, 6.07) is -0.143. The van der Waals surface area contributed by atoms with E-state index in [9.17, 15) is 4.79 Å². The second-order valence-electron chi connectivity index (χ2n) is 3.19. The summed E-state index contributed by atoms with van der Waals surface area (Å²) in [5, 5.41) is 8.89. The Bertz CT molecular complexity index is 199. The first kappa shape index (κ1) is 11.8. The summed E-state index contributed by atoms with van der Waals surface area (Å²) < 4.78 is 0. The highest BCUT2D eigenvalue weighted by Gasteiger charge is 2.21. The van der Waals surface area contributed by atoms with E-state index in [1.54, 1.807) is 12.2 Å². The standard InChI is InChI=1S/C10H17NO2/c1-5-7-11(10(12)13)9(6-2)8(3)4/h5-6,8-9H,1-2,7H2,3-4H3,(H,12,13)/t9-/m1/s1. The quantitative estimate of drug-likeness (QED) is 0.665. The average molecular weight is 183 g/mol. The van der Waals surface area contributed by atoms with E-state index in [0.717, 1.165) is 0 Å². The summed E-state index contributed by atoms with van der Waals surface area (Å²) in [6.45, 7) is 11.4. The van der Waals surface area contributed by atoms with Crippen LogP contribution in [0.15, 0.2) is 25.3 Å². The second kappa shape index (κ2) is 5.41. The normalized spacial score (nSPS) is 12.2. The molecule has 74 valence electrons. The zero-order valence-electron chi connectivity index (χ0n) is 8.23. The third kappa shape index (κ3) is 3.32. The van der Waals surface area contributed by atoms with Gasteiger partial charge in [0.1, 0.15) is 0 Å². The van der Waals surface area contributed by atoms with Crippen molar-refractivity contribution in [2.45, 2.75) is 19.9 Å². The molecular weight excluding hydrogens is 166 g/mol. The smallest absolute Gasteiger partial charge is 0.408 e. The molecule has 0 aromatic carbocycles. The Hall–Kier alpha value is -1.25. The first-order valence-electron chi connectivity index (χ1n) is 4.27. The third-order valence-electron chi connectivity index (χ3n) is 1.86. The fraction of sp³-hybridized carbons (Fsp3) is 0.500. The molecule has 0 radical (unpaired) electrons. The molecule has 0 spiro atoms. The highest BCUT2D eigenvalue weighted by atomic mass is 16.4. The Morgan fingerprint density at radius 2 is 2.08 bits per heavy atom. The van der Waals surface area contributed by atoms with Crippen LogP contribution in [-0.2, 0) is 0 Å². The highest BCUT2D eigenvalue weighted by molar-refractivity contribution is 5.66. The summed E-state index contributed by atoms with van der Waals surface area (Å²) in [7, 11) is 0. The molecule has 1 amide bonds. The van der Waals surface area contributed by atoms with Gasteiger partial charge in [0.25, 0.3) is 0 Å². The van der Waals surface area contributed by atoms with Crippen molar-refractivity contribution < 1.29 is 9.90 Å². The Morgan fingerprint density at radius 3 is 2.31 bits per heavy atom. The van der Waals surface area contributed by atoms with Crippen LogP contribution in [0.1, 0.15) is 13.8 Å². The van der Waals surface area contributed by atoms with E-state index >= 15 is 0 Å². The van der Waals surface area contributed by atoms with Crippen molar-refractivity contribution in [1.29, 1.82) is 0 Å². The number of carboxylic acid groups (broad SMARTS) is 1. The molecule has 0 saturated carbocycles. The van der Waals surface area contributed by atoms with E-state index in [1.165, 1.54) is 4.90 Å². The van der Waals surface area contributed by atoms with E-state index in [0.29, 0.717) is 6.54 Å². The van der Waals surface area contributed by atoms with Crippen LogP contribution >= 0.6 is 0 Å². The van der Waals surface area contributed by atoms with Crippen LogP contribution in [0.2, 0.25) is 0 Å². The molecule has 0 aromatic heterocycles. The Morgan fingerprint density at radius 1 is 1.54 bits per heavy atom. The van der Waals surface area contributed by atoms with Crippen molar-refractivity contribution >= 4 is 6.09 Å². The van der Waals surface area contributed by atoms with E-state index < -0.39 is 6.09 Å². The minimum atomic E-state index is -0.932. The van der Waals surface area contributed by atoms with Gasteiger partial charge in [-0.3, -0.25) is 4.90 Å². The predicted molar refractivity (Wildman–Crippen MR) is 53.8 cm³/mol. The van der Waals surface area contributed by atoms with Gasteiger partial charge in [0, 0.05) is 6.54 Å². The maximum absolute atomic E-state index is 10.8. The zero-order chi connectivity index (χ0) is 10.4. The predicted octanol–water partition coefficient (Wildman–Crippen LogP) is 2.36. The number of hydrogen-bond acceptors (Lipinski definition) is 1. The second-order valence-corrected chi connectivity index (χ2v) is 3.19. The summed E-state index contributed by atoms with van der Waals surface area (Å²) in [5.74, 6) is 0.230. The van der Waals surface area contributed by atoms with Crippen molar-refractivity contribution in [3.8, 4) is 0 Å². The number of amides is 1. The Labute approximate surface area is 79.4 Å². The summed E-state index contributed by atoms with van der Waals surface area (Å²) >= 11 is 0. The molecule has 13 heavy (non-hydrogen) atoms.